The average molecular weight is 351 g/mol. The van der Waals surface area contributed by atoms with Crippen LogP contribution in [-0.4, -0.2) is 52.3 Å². The Kier molecular flexibility index (Phi) is 4.85. The summed E-state index contributed by atoms with van der Waals surface area (Å²) in [5.41, 5.74) is 0.605. The fraction of sp³-hybridized carbons (Fsp3) is 0.500. The van der Waals surface area contributed by atoms with Crippen molar-refractivity contribution in [2.24, 2.45) is 0 Å². The summed E-state index contributed by atoms with van der Waals surface area (Å²) < 4.78 is 5.77. The molecular weight excluding hydrogens is 328 g/mol. The lowest BCUT2D eigenvalue weighted by atomic mass is 10.1. The standard InChI is InChI=1S/C18H23ClN2O3/c1-18(2,23)11-24-14-4-3-7-21(10-14)17(22)16-9-12-8-13(19)5-6-15(12)20-16/h5-6,8-9,14,20,23H,3-4,7,10-11H2,1-2H3. The maximum atomic E-state index is 12.8. The number of benzene rings is 1. The van der Waals surface area contributed by atoms with E-state index in [0.29, 0.717) is 17.3 Å². The molecule has 6 heteroatoms. The van der Waals surface area contributed by atoms with Crippen molar-refractivity contribution in [1.29, 1.82) is 0 Å². The van der Waals surface area contributed by atoms with Gasteiger partial charge in [-0.25, -0.2) is 0 Å². The number of hydrogen-bond acceptors (Lipinski definition) is 3. The van der Waals surface area contributed by atoms with Crippen molar-refractivity contribution < 1.29 is 14.6 Å². The lowest BCUT2D eigenvalue weighted by molar-refractivity contribution is -0.0690. The molecule has 1 amide bonds. The number of H-pyrrole nitrogens is 1. The number of nitrogens with zero attached hydrogens (tertiary/aromatic N) is 1. The largest absolute Gasteiger partial charge is 0.388 e. The number of halogens is 1. The Labute approximate surface area is 146 Å². The Bertz CT molecular complexity index is 735. The first-order valence-electron chi connectivity index (χ1n) is 8.23. The third-order valence-electron chi connectivity index (χ3n) is 4.15. The molecule has 5 nitrogen and oxygen atoms in total. The molecule has 3 rings (SSSR count). The predicted molar refractivity (Wildman–Crippen MR) is 94.5 cm³/mol. The van der Waals surface area contributed by atoms with Crippen LogP contribution in [0.15, 0.2) is 24.3 Å². The summed E-state index contributed by atoms with van der Waals surface area (Å²) >= 11 is 6.00. The normalized spacial score (nSPS) is 19.0. The van der Waals surface area contributed by atoms with Crippen LogP contribution in [0.3, 0.4) is 0 Å². The number of carbonyl (C=O) groups is 1. The van der Waals surface area contributed by atoms with Gasteiger partial charge in [0.05, 0.1) is 18.3 Å². The fourth-order valence-electron chi connectivity index (χ4n) is 2.97. The minimum absolute atomic E-state index is 0.0288. The Balaban J connectivity index is 1.69. The summed E-state index contributed by atoms with van der Waals surface area (Å²) in [6, 6.07) is 7.36. The highest BCUT2D eigenvalue weighted by molar-refractivity contribution is 6.31. The van der Waals surface area contributed by atoms with Gasteiger partial charge in [0.25, 0.3) is 5.91 Å². The summed E-state index contributed by atoms with van der Waals surface area (Å²) in [7, 11) is 0. The summed E-state index contributed by atoms with van der Waals surface area (Å²) in [5, 5.41) is 11.4. The molecule has 1 fully saturated rings. The van der Waals surface area contributed by atoms with Gasteiger partial charge < -0.3 is 19.7 Å². The molecular formula is C18H23ClN2O3. The van der Waals surface area contributed by atoms with Crippen molar-refractivity contribution in [3.63, 3.8) is 0 Å². The van der Waals surface area contributed by atoms with E-state index in [1.807, 2.05) is 23.1 Å². The third-order valence-corrected chi connectivity index (χ3v) is 4.39. The monoisotopic (exact) mass is 350 g/mol. The van der Waals surface area contributed by atoms with E-state index in [-0.39, 0.29) is 18.6 Å². The molecule has 0 radical (unpaired) electrons. The molecule has 1 atom stereocenters. The van der Waals surface area contributed by atoms with Crippen LogP contribution >= 0.6 is 11.6 Å². The van der Waals surface area contributed by atoms with E-state index in [1.54, 1.807) is 19.9 Å². The van der Waals surface area contributed by atoms with Gasteiger partial charge in [-0.2, -0.15) is 0 Å². The molecule has 0 spiro atoms. The number of hydrogen-bond donors (Lipinski definition) is 2. The van der Waals surface area contributed by atoms with Crippen LogP contribution in [0, 0.1) is 0 Å². The molecule has 24 heavy (non-hydrogen) atoms. The molecule has 2 aromatic rings. The van der Waals surface area contributed by atoms with Crippen LogP contribution in [0.4, 0.5) is 0 Å². The topological polar surface area (TPSA) is 65.6 Å². The zero-order valence-corrected chi connectivity index (χ0v) is 14.8. The number of nitrogens with one attached hydrogen (secondary N) is 1. The smallest absolute Gasteiger partial charge is 0.270 e. The highest BCUT2D eigenvalue weighted by Crippen LogP contribution is 2.22. The van der Waals surface area contributed by atoms with Crippen molar-refractivity contribution in [1.82, 2.24) is 9.88 Å². The van der Waals surface area contributed by atoms with Crippen LogP contribution < -0.4 is 0 Å². The van der Waals surface area contributed by atoms with E-state index in [2.05, 4.69) is 4.98 Å². The van der Waals surface area contributed by atoms with Gasteiger partial charge in [-0.3, -0.25) is 4.79 Å². The maximum Gasteiger partial charge on any atom is 0.270 e. The second-order valence-electron chi connectivity index (χ2n) is 7.05. The summed E-state index contributed by atoms with van der Waals surface area (Å²) in [4.78, 5) is 17.7. The number of aliphatic hydroxyl groups is 1. The average Bonchev–Trinajstić information content (AvgIpc) is 2.95. The van der Waals surface area contributed by atoms with Crippen molar-refractivity contribution in [3.05, 3.63) is 35.0 Å². The Hall–Kier alpha value is -1.56. The van der Waals surface area contributed by atoms with Gasteiger partial charge in [0.2, 0.25) is 0 Å². The molecule has 1 saturated heterocycles. The van der Waals surface area contributed by atoms with Crippen LogP contribution in [0.1, 0.15) is 37.2 Å². The van der Waals surface area contributed by atoms with E-state index in [1.165, 1.54) is 0 Å². The molecule has 1 aromatic carbocycles. The number of fused-ring (bicyclic) bond motifs is 1. The summed E-state index contributed by atoms with van der Waals surface area (Å²) in [5.74, 6) is -0.0288. The summed E-state index contributed by atoms with van der Waals surface area (Å²) in [6.07, 6.45) is 1.77. The lowest BCUT2D eigenvalue weighted by Gasteiger charge is -2.33. The van der Waals surface area contributed by atoms with Gasteiger partial charge in [0.15, 0.2) is 0 Å². The molecule has 0 bridgehead atoms. The van der Waals surface area contributed by atoms with Crippen LogP contribution in [0.5, 0.6) is 0 Å². The van der Waals surface area contributed by atoms with Crippen molar-refractivity contribution in [3.8, 4) is 0 Å². The first-order valence-corrected chi connectivity index (χ1v) is 8.61. The predicted octanol–water partition coefficient (Wildman–Crippen LogP) is 3.21. The van der Waals surface area contributed by atoms with Crippen molar-refractivity contribution in [2.45, 2.75) is 38.4 Å². The Morgan fingerprint density at radius 3 is 3.00 bits per heavy atom. The molecule has 1 aromatic heterocycles. The number of likely N-dealkylation sites (tertiary alicyclic amines) is 1. The molecule has 1 unspecified atom stereocenters. The van der Waals surface area contributed by atoms with Gasteiger partial charge in [-0.05, 0) is 51.0 Å². The lowest BCUT2D eigenvalue weighted by Crippen LogP contribution is -2.44. The number of aromatic amines is 1. The highest BCUT2D eigenvalue weighted by atomic mass is 35.5. The summed E-state index contributed by atoms with van der Waals surface area (Å²) in [6.45, 7) is 4.97. The van der Waals surface area contributed by atoms with Gasteiger partial charge in [0.1, 0.15) is 5.69 Å². The van der Waals surface area contributed by atoms with E-state index < -0.39 is 5.60 Å². The number of amides is 1. The van der Waals surface area contributed by atoms with Crippen molar-refractivity contribution >= 4 is 28.4 Å². The van der Waals surface area contributed by atoms with Gasteiger partial charge in [0, 0.05) is 29.0 Å². The molecule has 0 saturated carbocycles. The maximum absolute atomic E-state index is 12.8. The zero-order chi connectivity index (χ0) is 17.3. The first kappa shape index (κ1) is 17.3. The van der Waals surface area contributed by atoms with Crippen LogP contribution in [-0.2, 0) is 4.74 Å². The second kappa shape index (κ2) is 6.75. The minimum Gasteiger partial charge on any atom is -0.388 e. The third kappa shape index (κ3) is 4.09. The SMILES string of the molecule is CC(C)(O)COC1CCCN(C(=O)c2cc3cc(Cl)ccc3[nH]2)C1. The molecule has 2 heterocycles. The van der Waals surface area contributed by atoms with Gasteiger partial charge in [-0.15, -0.1) is 0 Å². The number of carbonyl (C=O) groups excluding carboxylic acids is 1. The number of rotatable bonds is 4. The molecule has 1 aliphatic rings. The fourth-order valence-corrected chi connectivity index (χ4v) is 3.15. The Morgan fingerprint density at radius 1 is 1.46 bits per heavy atom. The van der Waals surface area contributed by atoms with E-state index in [9.17, 15) is 9.90 Å². The van der Waals surface area contributed by atoms with Crippen molar-refractivity contribution in [2.75, 3.05) is 19.7 Å². The van der Waals surface area contributed by atoms with Gasteiger partial charge in [-0.1, -0.05) is 11.6 Å². The molecule has 1 aliphatic heterocycles. The van der Waals surface area contributed by atoms with E-state index >= 15 is 0 Å². The zero-order valence-electron chi connectivity index (χ0n) is 14.0. The Morgan fingerprint density at radius 2 is 2.25 bits per heavy atom. The molecule has 0 aliphatic carbocycles. The first-order chi connectivity index (χ1) is 11.3. The number of ether oxygens (including phenoxy) is 1. The quantitative estimate of drug-likeness (QED) is 0.889. The van der Waals surface area contributed by atoms with E-state index in [4.69, 9.17) is 16.3 Å². The van der Waals surface area contributed by atoms with Crippen LogP contribution in [0.2, 0.25) is 5.02 Å². The number of piperidine rings is 1. The number of aromatic nitrogens is 1. The molecule has 130 valence electrons. The highest BCUT2D eigenvalue weighted by Gasteiger charge is 2.27. The van der Waals surface area contributed by atoms with E-state index in [0.717, 1.165) is 30.3 Å². The molecule has 2 N–H and O–H groups in total. The minimum atomic E-state index is -0.858. The van der Waals surface area contributed by atoms with Gasteiger partial charge >= 0.3 is 0 Å². The van der Waals surface area contributed by atoms with Crippen LogP contribution in [0.25, 0.3) is 10.9 Å². The second-order valence-corrected chi connectivity index (χ2v) is 7.49.